The first kappa shape index (κ1) is 20.5. The lowest BCUT2D eigenvalue weighted by atomic mass is 10.1. The zero-order valence-electron chi connectivity index (χ0n) is 14.1. The van der Waals surface area contributed by atoms with Gasteiger partial charge < -0.3 is 21.1 Å². The first-order valence-corrected chi connectivity index (χ1v) is 8.22. The lowest BCUT2D eigenvalue weighted by Gasteiger charge is -2.08. The van der Waals surface area contributed by atoms with Crippen LogP contribution in [-0.2, 0) is 11.2 Å². The highest BCUT2D eigenvalue weighted by Crippen LogP contribution is 2.18. The number of halogens is 1. The predicted molar refractivity (Wildman–Crippen MR) is 107 cm³/mol. The summed E-state index contributed by atoms with van der Waals surface area (Å²) in [4.78, 5) is 15.7. The minimum absolute atomic E-state index is 0. The van der Waals surface area contributed by atoms with E-state index in [9.17, 15) is 4.79 Å². The number of nitrogens with one attached hydrogen (secondary N) is 2. The van der Waals surface area contributed by atoms with Crippen LogP contribution in [0.2, 0.25) is 0 Å². The highest BCUT2D eigenvalue weighted by Gasteiger charge is 2.23. The van der Waals surface area contributed by atoms with Crippen molar-refractivity contribution in [3.05, 3.63) is 29.8 Å². The maximum atomic E-state index is 11.5. The van der Waals surface area contributed by atoms with E-state index < -0.39 is 0 Å². The monoisotopic (exact) mass is 446 g/mol. The van der Waals surface area contributed by atoms with E-state index in [1.54, 1.807) is 0 Å². The summed E-state index contributed by atoms with van der Waals surface area (Å²) in [5.41, 5.74) is 6.91. The number of guanidine groups is 1. The van der Waals surface area contributed by atoms with E-state index in [4.69, 9.17) is 10.5 Å². The lowest BCUT2D eigenvalue weighted by molar-refractivity contribution is -0.123. The molecule has 1 aromatic rings. The van der Waals surface area contributed by atoms with E-state index in [0.29, 0.717) is 17.8 Å². The van der Waals surface area contributed by atoms with Crippen molar-refractivity contribution in [1.82, 2.24) is 10.6 Å². The fourth-order valence-corrected chi connectivity index (χ4v) is 2.02. The largest absolute Gasteiger partial charge is 0.484 e. The number of hydrogen-bond donors (Lipinski definition) is 3. The molecule has 1 fully saturated rings. The molecule has 6 nitrogen and oxygen atoms in total. The maximum Gasteiger partial charge on any atom is 0.258 e. The fraction of sp³-hybridized carbons (Fsp3) is 0.529. The van der Waals surface area contributed by atoms with Gasteiger partial charge in [-0.15, -0.1) is 24.0 Å². The highest BCUT2D eigenvalue weighted by atomic mass is 127. The second-order valence-electron chi connectivity index (χ2n) is 5.72. The fourth-order valence-electron chi connectivity index (χ4n) is 2.02. The minimum Gasteiger partial charge on any atom is -0.484 e. The Balaban J connectivity index is 0.00000288. The SMILES string of the molecule is CCCN=C(N)NCCc1ccc(OCC(=O)NC2CC2)cc1.I. The molecule has 0 heterocycles. The van der Waals surface area contributed by atoms with Crippen LogP contribution in [0.1, 0.15) is 31.7 Å². The highest BCUT2D eigenvalue weighted by molar-refractivity contribution is 14.0. The van der Waals surface area contributed by atoms with E-state index >= 15 is 0 Å². The number of nitrogens with zero attached hydrogens (tertiary/aromatic N) is 1. The molecule has 134 valence electrons. The summed E-state index contributed by atoms with van der Waals surface area (Å²) < 4.78 is 5.47. The van der Waals surface area contributed by atoms with Gasteiger partial charge in [0.25, 0.3) is 5.91 Å². The van der Waals surface area contributed by atoms with Gasteiger partial charge in [0.05, 0.1) is 0 Å². The van der Waals surface area contributed by atoms with Gasteiger partial charge in [-0.25, -0.2) is 0 Å². The van der Waals surface area contributed by atoms with Crippen molar-refractivity contribution in [2.45, 2.75) is 38.6 Å². The van der Waals surface area contributed by atoms with Crippen LogP contribution in [0.25, 0.3) is 0 Å². The molecule has 0 aliphatic heterocycles. The Morgan fingerprint density at radius 3 is 2.67 bits per heavy atom. The molecular weight excluding hydrogens is 419 g/mol. The zero-order valence-corrected chi connectivity index (χ0v) is 16.4. The molecule has 4 N–H and O–H groups in total. The van der Waals surface area contributed by atoms with Gasteiger partial charge >= 0.3 is 0 Å². The minimum atomic E-state index is -0.0531. The summed E-state index contributed by atoms with van der Waals surface area (Å²) in [5.74, 6) is 1.15. The van der Waals surface area contributed by atoms with Crippen molar-refractivity contribution in [3.63, 3.8) is 0 Å². The standard InChI is InChI=1S/C17H26N4O2.HI/c1-2-10-19-17(18)20-11-9-13-3-7-15(8-4-13)23-12-16(22)21-14-5-6-14;/h3-4,7-8,14H,2,5-6,9-12H2,1H3,(H,21,22)(H3,18,19,20);1H. The molecule has 1 aliphatic rings. The Morgan fingerprint density at radius 1 is 1.33 bits per heavy atom. The average Bonchev–Trinajstić information content (AvgIpc) is 3.36. The summed E-state index contributed by atoms with van der Waals surface area (Å²) in [6.45, 7) is 3.63. The molecule has 1 amide bonds. The average molecular weight is 446 g/mol. The molecule has 1 aromatic carbocycles. The van der Waals surface area contributed by atoms with Crippen LogP contribution in [0.5, 0.6) is 5.75 Å². The quantitative estimate of drug-likeness (QED) is 0.307. The van der Waals surface area contributed by atoms with Crippen LogP contribution in [0, 0.1) is 0 Å². The predicted octanol–water partition coefficient (Wildman–Crippen LogP) is 1.82. The van der Waals surface area contributed by atoms with Gasteiger partial charge in [0.1, 0.15) is 5.75 Å². The molecule has 0 spiro atoms. The number of ether oxygens (including phenoxy) is 1. The van der Waals surface area contributed by atoms with Crippen molar-refractivity contribution in [2.75, 3.05) is 19.7 Å². The number of carbonyl (C=O) groups is 1. The summed E-state index contributed by atoms with van der Waals surface area (Å²) in [6.07, 6.45) is 4.01. The summed E-state index contributed by atoms with van der Waals surface area (Å²) in [7, 11) is 0. The molecule has 7 heteroatoms. The number of amides is 1. The molecular formula is C17H27IN4O2. The Morgan fingerprint density at radius 2 is 2.04 bits per heavy atom. The van der Waals surface area contributed by atoms with Crippen LogP contribution in [-0.4, -0.2) is 37.6 Å². The van der Waals surface area contributed by atoms with Crippen molar-refractivity contribution in [3.8, 4) is 5.75 Å². The van der Waals surface area contributed by atoms with Crippen LogP contribution in [0.15, 0.2) is 29.3 Å². The number of rotatable bonds is 9. The Bertz CT molecular complexity index is 530. The molecule has 0 bridgehead atoms. The van der Waals surface area contributed by atoms with Crippen LogP contribution in [0.3, 0.4) is 0 Å². The van der Waals surface area contributed by atoms with Gasteiger partial charge in [-0.3, -0.25) is 9.79 Å². The second kappa shape index (κ2) is 11.1. The van der Waals surface area contributed by atoms with Crippen molar-refractivity contribution < 1.29 is 9.53 Å². The lowest BCUT2D eigenvalue weighted by Crippen LogP contribution is -2.33. The number of benzene rings is 1. The second-order valence-corrected chi connectivity index (χ2v) is 5.72. The third-order valence-corrected chi connectivity index (χ3v) is 3.46. The normalized spacial score (nSPS) is 13.8. The number of aliphatic imine (C=N–C) groups is 1. The maximum absolute atomic E-state index is 11.5. The zero-order chi connectivity index (χ0) is 16.5. The Hall–Kier alpha value is -1.51. The van der Waals surface area contributed by atoms with Crippen molar-refractivity contribution >= 4 is 35.8 Å². The van der Waals surface area contributed by atoms with Gasteiger partial charge in [0.15, 0.2) is 12.6 Å². The van der Waals surface area contributed by atoms with Gasteiger partial charge in [-0.1, -0.05) is 19.1 Å². The van der Waals surface area contributed by atoms with Gasteiger partial charge in [-0.2, -0.15) is 0 Å². The number of hydrogen-bond acceptors (Lipinski definition) is 3. The van der Waals surface area contributed by atoms with E-state index in [2.05, 4.69) is 22.5 Å². The van der Waals surface area contributed by atoms with Crippen LogP contribution in [0.4, 0.5) is 0 Å². The van der Waals surface area contributed by atoms with Gasteiger partial charge in [-0.05, 0) is 43.4 Å². The first-order valence-electron chi connectivity index (χ1n) is 8.22. The summed E-state index contributed by atoms with van der Waals surface area (Å²) in [5, 5.41) is 5.98. The smallest absolute Gasteiger partial charge is 0.258 e. The first-order chi connectivity index (χ1) is 11.2. The van der Waals surface area contributed by atoms with E-state index in [1.165, 1.54) is 5.56 Å². The summed E-state index contributed by atoms with van der Waals surface area (Å²) in [6, 6.07) is 8.13. The van der Waals surface area contributed by atoms with Crippen molar-refractivity contribution in [1.29, 1.82) is 0 Å². The summed E-state index contributed by atoms with van der Waals surface area (Å²) >= 11 is 0. The molecule has 0 saturated heterocycles. The topological polar surface area (TPSA) is 88.7 Å². The molecule has 24 heavy (non-hydrogen) atoms. The van der Waals surface area contributed by atoms with Crippen molar-refractivity contribution in [2.24, 2.45) is 10.7 Å². The molecule has 1 saturated carbocycles. The number of nitrogens with two attached hydrogens (primary N) is 1. The Kier molecular flexibility index (Phi) is 9.51. The molecule has 1 aliphatic carbocycles. The third kappa shape index (κ3) is 8.37. The van der Waals surface area contributed by atoms with E-state index in [1.807, 2.05) is 24.3 Å². The van der Waals surface area contributed by atoms with Gasteiger partial charge in [0.2, 0.25) is 0 Å². The van der Waals surface area contributed by atoms with E-state index in [-0.39, 0.29) is 36.5 Å². The molecule has 2 rings (SSSR count). The molecule has 0 radical (unpaired) electrons. The third-order valence-electron chi connectivity index (χ3n) is 3.46. The molecule has 0 atom stereocenters. The van der Waals surface area contributed by atoms with Gasteiger partial charge in [0, 0.05) is 19.1 Å². The van der Waals surface area contributed by atoms with Crippen LogP contribution >= 0.6 is 24.0 Å². The number of carbonyl (C=O) groups excluding carboxylic acids is 1. The van der Waals surface area contributed by atoms with Crippen LogP contribution < -0.4 is 21.1 Å². The molecule has 0 aromatic heterocycles. The van der Waals surface area contributed by atoms with E-state index in [0.717, 1.165) is 38.8 Å². The molecule has 0 unspecified atom stereocenters. The Labute approximate surface area is 160 Å².